The molecular weight excluding hydrogens is 431 g/mol. The van der Waals surface area contributed by atoms with Crippen LogP contribution in [0.25, 0.3) is 10.4 Å². The van der Waals surface area contributed by atoms with Crippen molar-refractivity contribution in [2.45, 2.75) is 32.4 Å². The van der Waals surface area contributed by atoms with E-state index in [4.69, 9.17) is 38.2 Å². The molecule has 0 bridgehead atoms. The van der Waals surface area contributed by atoms with Gasteiger partial charge >= 0.3 is 5.97 Å². The van der Waals surface area contributed by atoms with Crippen molar-refractivity contribution in [3.63, 3.8) is 0 Å². The standard InChI is InChI=1S/C20H20Cl2N4O4/c1-20(2,3)24-19(28)18(13-6-4-5-7-15(13)25-26-23)30-17(27)11-29-16-9-8-12(21)10-14(16)22/h4-10,18H,11H2,1-3H3,(H,24,28). The van der Waals surface area contributed by atoms with Crippen LogP contribution in [0.4, 0.5) is 5.69 Å². The SMILES string of the molecule is CC(C)(C)NC(=O)C(OC(=O)COc1ccc(Cl)cc1Cl)c1ccccc1N=[N+]=[N-]. The molecule has 1 N–H and O–H groups in total. The Bertz CT molecular complexity index is 985. The Morgan fingerprint density at radius 1 is 1.20 bits per heavy atom. The molecule has 2 aromatic rings. The second-order valence-electron chi connectivity index (χ2n) is 7.22. The number of carbonyl (C=O) groups excluding carboxylic acids is 2. The largest absolute Gasteiger partial charge is 0.480 e. The first kappa shape index (κ1) is 23.3. The Balaban J connectivity index is 2.23. The number of ether oxygens (including phenoxy) is 2. The van der Waals surface area contributed by atoms with Crippen molar-refractivity contribution in [1.82, 2.24) is 5.32 Å². The van der Waals surface area contributed by atoms with Gasteiger partial charge in [0, 0.05) is 26.7 Å². The monoisotopic (exact) mass is 450 g/mol. The zero-order chi connectivity index (χ0) is 22.3. The summed E-state index contributed by atoms with van der Waals surface area (Å²) in [6.07, 6.45) is -1.34. The van der Waals surface area contributed by atoms with Gasteiger partial charge in [-0.3, -0.25) is 4.79 Å². The van der Waals surface area contributed by atoms with Crippen LogP contribution >= 0.6 is 23.2 Å². The van der Waals surface area contributed by atoms with E-state index in [2.05, 4.69) is 15.3 Å². The van der Waals surface area contributed by atoms with Crippen molar-refractivity contribution in [2.75, 3.05) is 6.61 Å². The van der Waals surface area contributed by atoms with Crippen LogP contribution in [0.1, 0.15) is 32.4 Å². The second-order valence-corrected chi connectivity index (χ2v) is 8.06. The smallest absolute Gasteiger partial charge is 0.345 e. The molecule has 30 heavy (non-hydrogen) atoms. The number of azide groups is 1. The van der Waals surface area contributed by atoms with E-state index in [1.54, 1.807) is 45.0 Å². The lowest BCUT2D eigenvalue weighted by Gasteiger charge is -2.25. The van der Waals surface area contributed by atoms with Gasteiger partial charge in [-0.05, 0) is 44.5 Å². The Labute approximate surface area is 183 Å². The van der Waals surface area contributed by atoms with Crippen LogP contribution in [-0.4, -0.2) is 24.0 Å². The third kappa shape index (κ3) is 6.84. The zero-order valence-electron chi connectivity index (χ0n) is 16.6. The highest BCUT2D eigenvalue weighted by molar-refractivity contribution is 6.35. The molecule has 2 aromatic carbocycles. The van der Waals surface area contributed by atoms with Gasteiger partial charge in [0.1, 0.15) is 5.75 Å². The highest BCUT2D eigenvalue weighted by Gasteiger charge is 2.29. The topological polar surface area (TPSA) is 113 Å². The van der Waals surface area contributed by atoms with Crippen LogP contribution in [0.5, 0.6) is 5.75 Å². The average molecular weight is 451 g/mol. The molecular formula is C20H20Cl2N4O4. The van der Waals surface area contributed by atoms with Crippen molar-refractivity contribution in [2.24, 2.45) is 5.11 Å². The van der Waals surface area contributed by atoms with Gasteiger partial charge in [0.25, 0.3) is 5.91 Å². The average Bonchev–Trinajstić information content (AvgIpc) is 2.65. The number of amides is 1. The minimum atomic E-state index is -1.34. The molecule has 8 nitrogen and oxygen atoms in total. The zero-order valence-corrected chi connectivity index (χ0v) is 18.1. The van der Waals surface area contributed by atoms with E-state index >= 15 is 0 Å². The highest BCUT2D eigenvalue weighted by atomic mass is 35.5. The molecule has 0 aliphatic rings. The van der Waals surface area contributed by atoms with Crippen LogP contribution < -0.4 is 10.1 Å². The number of benzene rings is 2. The molecule has 0 saturated carbocycles. The van der Waals surface area contributed by atoms with Crippen molar-refractivity contribution in [1.29, 1.82) is 0 Å². The van der Waals surface area contributed by atoms with E-state index in [1.165, 1.54) is 18.2 Å². The van der Waals surface area contributed by atoms with Crippen LogP contribution in [0, 0.1) is 0 Å². The molecule has 0 spiro atoms. The van der Waals surface area contributed by atoms with Gasteiger partial charge in [0.2, 0.25) is 6.10 Å². The van der Waals surface area contributed by atoms with E-state index in [0.29, 0.717) is 5.02 Å². The number of rotatable bonds is 7. The predicted molar refractivity (Wildman–Crippen MR) is 114 cm³/mol. The summed E-state index contributed by atoms with van der Waals surface area (Å²) in [7, 11) is 0. The minimum absolute atomic E-state index is 0.170. The van der Waals surface area contributed by atoms with Gasteiger partial charge in [-0.2, -0.15) is 0 Å². The number of nitrogens with one attached hydrogen (secondary N) is 1. The molecule has 0 aromatic heterocycles. The van der Waals surface area contributed by atoms with Crippen LogP contribution in [0.3, 0.4) is 0 Å². The number of hydrogen-bond donors (Lipinski definition) is 1. The Morgan fingerprint density at radius 2 is 1.90 bits per heavy atom. The fourth-order valence-corrected chi connectivity index (χ4v) is 2.90. The third-order valence-electron chi connectivity index (χ3n) is 3.60. The lowest BCUT2D eigenvalue weighted by atomic mass is 10.0. The normalized spacial score (nSPS) is 11.8. The summed E-state index contributed by atoms with van der Waals surface area (Å²) < 4.78 is 10.8. The molecule has 2 rings (SSSR count). The van der Waals surface area contributed by atoms with Gasteiger partial charge in [0.05, 0.1) is 5.02 Å². The Kier molecular flexibility index (Phi) is 7.94. The Morgan fingerprint density at radius 3 is 2.53 bits per heavy atom. The first-order valence-electron chi connectivity index (χ1n) is 8.84. The van der Waals surface area contributed by atoms with E-state index in [9.17, 15) is 9.59 Å². The molecule has 0 aliphatic heterocycles. The molecule has 1 unspecified atom stereocenters. The molecule has 1 atom stereocenters. The van der Waals surface area contributed by atoms with E-state index < -0.39 is 30.1 Å². The van der Waals surface area contributed by atoms with Crippen molar-refractivity contribution >= 4 is 40.8 Å². The predicted octanol–water partition coefficient (Wildman–Crippen LogP) is 5.51. The molecule has 10 heteroatoms. The number of esters is 1. The fraction of sp³-hybridized carbons (Fsp3) is 0.300. The van der Waals surface area contributed by atoms with E-state index in [-0.39, 0.29) is 22.0 Å². The second kappa shape index (κ2) is 10.2. The first-order chi connectivity index (χ1) is 14.1. The van der Waals surface area contributed by atoms with Crippen molar-refractivity contribution in [3.05, 3.63) is 68.5 Å². The van der Waals surface area contributed by atoms with E-state index in [0.717, 1.165) is 0 Å². The van der Waals surface area contributed by atoms with Crippen molar-refractivity contribution in [3.8, 4) is 5.75 Å². The molecule has 0 fully saturated rings. The maximum atomic E-state index is 12.8. The number of carbonyl (C=O) groups is 2. The summed E-state index contributed by atoms with van der Waals surface area (Å²) in [5.41, 5.74) is 8.63. The molecule has 0 heterocycles. The summed E-state index contributed by atoms with van der Waals surface area (Å²) in [6.45, 7) is 4.86. The summed E-state index contributed by atoms with van der Waals surface area (Å²) >= 11 is 11.9. The van der Waals surface area contributed by atoms with E-state index in [1.807, 2.05) is 0 Å². The maximum absolute atomic E-state index is 12.8. The molecule has 0 saturated heterocycles. The maximum Gasteiger partial charge on any atom is 0.345 e. The molecule has 158 valence electrons. The summed E-state index contributed by atoms with van der Waals surface area (Å²) in [4.78, 5) is 28.0. The highest BCUT2D eigenvalue weighted by Crippen LogP contribution is 2.30. The number of halogens is 2. The van der Waals surface area contributed by atoms with Crippen LogP contribution in [0.15, 0.2) is 47.6 Å². The van der Waals surface area contributed by atoms with Gasteiger partial charge < -0.3 is 14.8 Å². The van der Waals surface area contributed by atoms with Gasteiger partial charge in [-0.1, -0.05) is 52.6 Å². The van der Waals surface area contributed by atoms with Crippen molar-refractivity contribution < 1.29 is 19.1 Å². The van der Waals surface area contributed by atoms with Crippen LogP contribution in [-0.2, 0) is 14.3 Å². The summed E-state index contributed by atoms with van der Waals surface area (Å²) in [5.74, 6) is -1.14. The Hall–Kier alpha value is -2.93. The fourth-order valence-electron chi connectivity index (χ4n) is 2.44. The molecule has 0 radical (unpaired) electrons. The lowest BCUT2D eigenvalue weighted by molar-refractivity contribution is -0.158. The molecule has 1 amide bonds. The number of nitrogens with zero attached hydrogens (tertiary/aromatic N) is 3. The first-order valence-corrected chi connectivity index (χ1v) is 9.59. The number of hydrogen-bond acceptors (Lipinski definition) is 5. The van der Waals surface area contributed by atoms with Gasteiger partial charge in [-0.15, -0.1) is 0 Å². The summed E-state index contributed by atoms with van der Waals surface area (Å²) in [5, 5.41) is 6.98. The summed E-state index contributed by atoms with van der Waals surface area (Å²) in [6, 6.07) is 10.9. The lowest BCUT2D eigenvalue weighted by Crippen LogP contribution is -2.44. The van der Waals surface area contributed by atoms with Gasteiger partial charge in [0.15, 0.2) is 6.61 Å². The quantitative estimate of drug-likeness (QED) is 0.259. The van der Waals surface area contributed by atoms with Gasteiger partial charge in [-0.25, -0.2) is 4.79 Å². The molecule has 0 aliphatic carbocycles. The van der Waals surface area contributed by atoms with Crippen LogP contribution in [0.2, 0.25) is 10.0 Å². The minimum Gasteiger partial charge on any atom is -0.480 e. The third-order valence-corrected chi connectivity index (χ3v) is 4.13.